The summed E-state index contributed by atoms with van der Waals surface area (Å²) in [6, 6.07) is 11.1. The molecule has 0 saturated carbocycles. The van der Waals surface area contributed by atoms with E-state index < -0.39 is 0 Å². The van der Waals surface area contributed by atoms with Gasteiger partial charge in [-0.3, -0.25) is 4.79 Å². The Kier molecular flexibility index (Phi) is 5.66. The van der Waals surface area contributed by atoms with E-state index in [2.05, 4.69) is 25.2 Å². The van der Waals surface area contributed by atoms with Crippen LogP contribution in [0.3, 0.4) is 0 Å². The Labute approximate surface area is 194 Å². The summed E-state index contributed by atoms with van der Waals surface area (Å²) in [5.74, 6) is 1.35. The van der Waals surface area contributed by atoms with Gasteiger partial charge < -0.3 is 19.3 Å². The van der Waals surface area contributed by atoms with Crippen molar-refractivity contribution in [2.75, 3.05) is 45.3 Å². The Bertz CT molecular complexity index is 1310. The molecular weight excluding hydrogens is 441 g/mol. The molecule has 1 aliphatic heterocycles. The Morgan fingerprint density at radius 1 is 0.941 bits per heavy atom. The zero-order valence-corrected chi connectivity index (χ0v) is 18.7. The standard InChI is InChI=1S/C23H22FN7O3/c1-33-18-11-15(12-19(13-18)34-2)23(32)30-9-7-29(8-10-30)21-20-22(26-14-25-21)31(28-27-20)17-5-3-16(24)4-6-17/h3-6,11-14H,7-10H2,1-2H3. The fraction of sp³-hybridized carbons (Fsp3) is 0.261. The molecular formula is C23H22FN7O3. The van der Waals surface area contributed by atoms with Crippen molar-refractivity contribution >= 4 is 22.9 Å². The van der Waals surface area contributed by atoms with E-state index in [1.165, 1.54) is 18.5 Å². The van der Waals surface area contributed by atoms with Gasteiger partial charge in [-0.05, 0) is 36.4 Å². The molecule has 0 bridgehead atoms. The highest BCUT2D eigenvalue weighted by molar-refractivity contribution is 5.95. The number of carbonyl (C=O) groups is 1. The Morgan fingerprint density at radius 2 is 1.62 bits per heavy atom. The van der Waals surface area contributed by atoms with Gasteiger partial charge >= 0.3 is 0 Å². The van der Waals surface area contributed by atoms with Gasteiger partial charge in [0, 0.05) is 37.8 Å². The number of anilines is 1. The molecule has 0 unspecified atom stereocenters. The Hall–Kier alpha value is -4.28. The van der Waals surface area contributed by atoms with Crippen molar-refractivity contribution in [1.82, 2.24) is 29.9 Å². The molecule has 0 atom stereocenters. The number of hydrogen-bond donors (Lipinski definition) is 0. The average molecular weight is 463 g/mol. The maximum Gasteiger partial charge on any atom is 0.254 e. The summed E-state index contributed by atoms with van der Waals surface area (Å²) >= 11 is 0. The van der Waals surface area contributed by atoms with Crippen LogP contribution in [0.1, 0.15) is 10.4 Å². The number of ether oxygens (including phenoxy) is 2. The van der Waals surface area contributed by atoms with Crippen LogP contribution in [0.5, 0.6) is 11.5 Å². The molecule has 2 aromatic carbocycles. The van der Waals surface area contributed by atoms with Crippen molar-refractivity contribution in [3.63, 3.8) is 0 Å². The third kappa shape index (κ3) is 3.96. The van der Waals surface area contributed by atoms with Crippen LogP contribution in [0.2, 0.25) is 0 Å². The van der Waals surface area contributed by atoms with Gasteiger partial charge in [0.25, 0.3) is 5.91 Å². The van der Waals surface area contributed by atoms with Gasteiger partial charge in [-0.25, -0.2) is 14.4 Å². The zero-order valence-electron chi connectivity index (χ0n) is 18.7. The quantitative estimate of drug-likeness (QED) is 0.445. The summed E-state index contributed by atoms with van der Waals surface area (Å²) < 4.78 is 25.4. The first-order valence-electron chi connectivity index (χ1n) is 10.7. The average Bonchev–Trinajstić information content (AvgIpc) is 3.33. The van der Waals surface area contributed by atoms with Crippen molar-refractivity contribution in [1.29, 1.82) is 0 Å². The lowest BCUT2D eigenvalue weighted by atomic mass is 10.1. The highest BCUT2D eigenvalue weighted by Gasteiger charge is 2.26. The van der Waals surface area contributed by atoms with E-state index in [9.17, 15) is 9.18 Å². The van der Waals surface area contributed by atoms with Crippen LogP contribution in [0, 0.1) is 5.82 Å². The predicted octanol–water partition coefficient (Wildman–Crippen LogP) is 2.33. The van der Waals surface area contributed by atoms with Gasteiger partial charge in [0.05, 0.1) is 19.9 Å². The van der Waals surface area contributed by atoms with Gasteiger partial charge in [0.15, 0.2) is 17.0 Å². The molecule has 0 spiro atoms. The van der Waals surface area contributed by atoms with E-state index >= 15 is 0 Å². The summed E-state index contributed by atoms with van der Waals surface area (Å²) in [5, 5.41) is 8.47. The number of benzene rings is 2. The summed E-state index contributed by atoms with van der Waals surface area (Å²) in [4.78, 5) is 25.7. The molecule has 1 amide bonds. The van der Waals surface area contributed by atoms with E-state index in [4.69, 9.17) is 9.47 Å². The predicted molar refractivity (Wildman–Crippen MR) is 122 cm³/mol. The van der Waals surface area contributed by atoms with E-state index in [1.54, 1.807) is 54.1 Å². The van der Waals surface area contributed by atoms with Crippen molar-refractivity contribution in [2.24, 2.45) is 0 Å². The second kappa shape index (κ2) is 8.93. The van der Waals surface area contributed by atoms with Crippen LogP contribution in [0.4, 0.5) is 10.2 Å². The molecule has 0 radical (unpaired) electrons. The first-order chi connectivity index (χ1) is 16.6. The number of carbonyl (C=O) groups excluding carboxylic acids is 1. The monoisotopic (exact) mass is 463 g/mol. The van der Waals surface area contributed by atoms with E-state index in [-0.39, 0.29) is 11.7 Å². The highest BCUT2D eigenvalue weighted by Crippen LogP contribution is 2.26. The van der Waals surface area contributed by atoms with Crippen LogP contribution < -0.4 is 14.4 Å². The van der Waals surface area contributed by atoms with Crippen molar-refractivity contribution in [3.8, 4) is 17.2 Å². The maximum atomic E-state index is 13.3. The summed E-state index contributed by atoms with van der Waals surface area (Å²) in [5.41, 5.74) is 2.23. The minimum Gasteiger partial charge on any atom is -0.497 e. The van der Waals surface area contributed by atoms with Gasteiger partial charge in [0.2, 0.25) is 0 Å². The number of aromatic nitrogens is 5. The summed E-state index contributed by atoms with van der Waals surface area (Å²) in [6.07, 6.45) is 1.46. The molecule has 10 nitrogen and oxygen atoms in total. The molecule has 1 fully saturated rings. The summed E-state index contributed by atoms with van der Waals surface area (Å²) in [6.45, 7) is 2.16. The van der Waals surface area contributed by atoms with E-state index in [1.807, 2.05) is 0 Å². The molecule has 0 aliphatic carbocycles. The zero-order chi connectivity index (χ0) is 23.7. The molecule has 0 N–H and O–H groups in total. The molecule has 1 aliphatic rings. The third-order valence-corrected chi connectivity index (χ3v) is 5.75. The molecule has 34 heavy (non-hydrogen) atoms. The van der Waals surface area contributed by atoms with Gasteiger partial charge in [-0.2, -0.15) is 4.68 Å². The highest BCUT2D eigenvalue weighted by atomic mass is 19.1. The van der Waals surface area contributed by atoms with Gasteiger partial charge in [-0.1, -0.05) is 5.21 Å². The minimum absolute atomic E-state index is 0.0908. The number of methoxy groups -OCH3 is 2. The van der Waals surface area contributed by atoms with Gasteiger partial charge in [-0.15, -0.1) is 5.10 Å². The largest absolute Gasteiger partial charge is 0.497 e. The fourth-order valence-corrected chi connectivity index (χ4v) is 3.96. The van der Waals surface area contributed by atoms with Crippen molar-refractivity contribution in [2.45, 2.75) is 0 Å². The van der Waals surface area contributed by atoms with Crippen molar-refractivity contribution in [3.05, 3.63) is 60.2 Å². The second-order valence-electron chi connectivity index (χ2n) is 7.73. The first-order valence-corrected chi connectivity index (χ1v) is 10.7. The molecule has 3 heterocycles. The fourth-order valence-electron chi connectivity index (χ4n) is 3.96. The number of halogens is 1. The van der Waals surface area contributed by atoms with Crippen LogP contribution in [-0.2, 0) is 0 Å². The minimum atomic E-state index is -0.330. The topological polar surface area (TPSA) is 98.5 Å². The number of nitrogens with zero attached hydrogens (tertiary/aromatic N) is 7. The number of fused-ring (bicyclic) bond motifs is 1. The lowest BCUT2D eigenvalue weighted by Crippen LogP contribution is -2.49. The van der Waals surface area contributed by atoms with E-state index in [0.29, 0.717) is 65.9 Å². The first kappa shape index (κ1) is 21.6. The van der Waals surface area contributed by atoms with Crippen LogP contribution >= 0.6 is 0 Å². The van der Waals surface area contributed by atoms with Crippen LogP contribution in [0.25, 0.3) is 16.9 Å². The van der Waals surface area contributed by atoms with Gasteiger partial charge in [0.1, 0.15) is 23.6 Å². The Balaban J connectivity index is 1.35. The number of hydrogen-bond acceptors (Lipinski definition) is 8. The SMILES string of the molecule is COc1cc(OC)cc(C(=O)N2CCN(c3ncnc4c3nnn4-c3ccc(F)cc3)CC2)c1. The van der Waals surface area contributed by atoms with Crippen LogP contribution in [0.15, 0.2) is 48.8 Å². The molecule has 2 aromatic heterocycles. The molecule has 174 valence electrons. The third-order valence-electron chi connectivity index (χ3n) is 5.75. The van der Waals surface area contributed by atoms with Crippen molar-refractivity contribution < 1.29 is 18.7 Å². The molecule has 1 saturated heterocycles. The molecule has 4 aromatic rings. The molecule has 5 rings (SSSR count). The number of piperazine rings is 1. The van der Waals surface area contributed by atoms with Crippen LogP contribution in [-0.4, -0.2) is 76.2 Å². The molecule has 11 heteroatoms. The lowest BCUT2D eigenvalue weighted by Gasteiger charge is -2.35. The second-order valence-corrected chi connectivity index (χ2v) is 7.73. The van der Waals surface area contributed by atoms with E-state index in [0.717, 1.165) is 0 Å². The Morgan fingerprint density at radius 3 is 2.26 bits per heavy atom. The lowest BCUT2D eigenvalue weighted by molar-refractivity contribution is 0.0746. The number of amides is 1. The maximum absolute atomic E-state index is 13.3. The normalized spacial score (nSPS) is 13.9. The summed E-state index contributed by atoms with van der Waals surface area (Å²) in [7, 11) is 3.10. The smallest absolute Gasteiger partial charge is 0.254 e. The number of rotatable bonds is 5.